The third-order valence-electron chi connectivity index (χ3n) is 2.99. The third kappa shape index (κ3) is 4.51. The number of methoxy groups -OCH3 is 1. The van der Waals surface area contributed by atoms with Gasteiger partial charge in [-0.05, 0) is 35.9 Å². The maximum atomic E-state index is 13.2. The van der Waals surface area contributed by atoms with Crippen molar-refractivity contribution in [1.82, 2.24) is 4.72 Å². The molecule has 118 valence electrons. The molecular weight excluding hydrogens is 312 g/mol. The van der Waals surface area contributed by atoms with Crippen LogP contribution in [0.2, 0.25) is 0 Å². The number of hydrogen-bond acceptors (Lipinski definition) is 3. The van der Waals surface area contributed by atoms with Gasteiger partial charge in [0.25, 0.3) is 0 Å². The monoisotopic (exact) mass is 327 g/mol. The van der Waals surface area contributed by atoms with Crippen molar-refractivity contribution in [3.8, 4) is 5.75 Å². The smallest absolute Gasteiger partial charge is 0.216 e. The number of ether oxygens (including phenoxy) is 1. The van der Waals surface area contributed by atoms with Gasteiger partial charge in [0, 0.05) is 12.1 Å². The first-order valence-electron chi connectivity index (χ1n) is 6.44. The van der Waals surface area contributed by atoms with Crippen LogP contribution in [0.4, 0.5) is 8.78 Å². The second-order valence-electron chi connectivity index (χ2n) is 4.66. The summed E-state index contributed by atoms with van der Waals surface area (Å²) in [6, 6.07) is 9.06. The Morgan fingerprint density at radius 2 is 1.68 bits per heavy atom. The fourth-order valence-electron chi connectivity index (χ4n) is 1.92. The van der Waals surface area contributed by atoms with Gasteiger partial charge in [0.15, 0.2) is 0 Å². The van der Waals surface area contributed by atoms with Crippen molar-refractivity contribution >= 4 is 10.0 Å². The van der Waals surface area contributed by atoms with Gasteiger partial charge in [-0.2, -0.15) is 0 Å². The Hall–Kier alpha value is -1.99. The average molecular weight is 327 g/mol. The molecule has 1 N–H and O–H groups in total. The van der Waals surface area contributed by atoms with Gasteiger partial charge >= 0.3 is 0 Å². The van der Waals surface area contributed by atoms with E-state index in [0.29, 0.717) is 16.9 Å². The van der Waals surface area contributed by atoms with Crippen LogP contribution in [0.5, 0.6) is 5.75 Å². The second-order valence-corrected chi connectivity index (χ2v) is 6.47. The summed E-state index contributed by atoms with van der Waals surface area (Å²) in [5, 5.41) is 0. The van der Waals surface area contributed by atoms with Crippen molar-refractivity contribution in [2.45, 2.75) is 12.3 Å². The van der Waals surface area contributed by atoms with E-state index in [1.807, 2.05) is 0 Å². The van der Waals surface area contributed by atoms with E-state index in [0.717, 1.165) is 0 Å². The van der Waals surface area contributed by atoms with Crippen LogP contribution in [0.1, 0.15) is 11.1 Å². The van der Waals surface area contributed by atoms with Crippen LogP contribution in [0.15, 0.2) is 42.5 Å². The lowest BCUT2D eigenvalue weighted by Gasteiger charge is -2.10. The van der Waals surface area contributed by atoms with Gasteiger partial charge in [0.2, 0.25) is 10.0 Å². The van der Waals surface area contributed by atoms with Crippen LogP contribution in [0, 0.1) is 11.6 Å². The predicted molar refractivity (Wildman–Crippen MR) is 78.8 cm³/mol. The molecule has 0 saturated heterocycles. The molecule has 22 heavy (non-hydrogen) atoms. The van der Waals surface area contributed by atoms with Gasteiger partial charge in [-0.3, -0.25) is 0 Å². The van der Waals surface area contributed by atoms with Crippen molar-refractivity contribution in [1.29, 1.82) is 0 Å². The summed E-state index contributed by atoms with van der Waals surface area (Å²) in [6.45, 7) is -0.0928. The lowest BCUT2D eigenvalue weighted by Crippen LogP contribution is -2.25. The van der Waals surface area contributed by atoms with E-state index in [-0.39, 0.29) is 12.3 Å². The molecule has 0 aliphatic carbocycles. The summed E-state index contributed by atoms with van der Waals surface area (Å²) in [7, 11) is -2.21. The molecule has 0 radical (unpaired) electrons. The number of hydrogen-bond donors (Lipinski definition) is 1. The van der Waals surface area contributed by atoms with E-state index < -0.39 is 21.7 Å². The molecule has 0 unspecified atom stereocenters. The van der Waals surface area contributed by atoms with E-state index in [4.69, 9.17) is 4.74 Å². The topological polar surface area (TPSA) is 55.4 Å². The Balaban J connectivity index is 2.06. The fourth-order valence-corrected chi connectivity index (χ4v) is 3.03. The maximum absolute atomic E-state index is 13.2. The number of nitrogens with one attached hydrogen (secondary N) is 1. The summed E-state index contributed by atoms with van der Waals surface area (Å²) >= 11 is 0. The molecule has 0 aromatic heterocycles. The van der Waals surface area contributed by atoms with Crippen LogP contribution >= 0.6 is 0 Å². The molecule has 0 bridgehead atoms. The minimum Gasteiger partial charge on any atom is -0.496 e. The van der Waals surface area contributed by atoms with E-state index >= 15 is 0 Å². The van der Waals surface area contributed by atoms with Crippen LogP contribution in [0.25, 0.3) is 0 Å². The molecule has 4 nitrogen and oxygen atoms in total. The van der Waals surface area contributed by atoms with Gasteiger partial charge in [-0.25, -0.2) is 21.9 Å². The van der Waals surface area contributed by atoms with Crippen molar-refractivity contribution < 1.29 is 21.9 Å². The number of rotatable bonds is 6. The van der Waals surface area contributed by atoms with Crippen LogP contribution in [-0.4, -0.2) is 15.5 Å². The summed E-state index contributed by atoms with van der Waals surface area (Å²) in [6.07, 6.45) is 0. The molecule has 0 atom stereocenters. The quantitative estimate of drug-likeness (QED) is 0.887. The van der Waals surface area contributed by atoms with E-state index in [9.17, 15) is 17.2 Å². The fraction of sp³-hybridized carbons (Fsp3) is 0.200. The molecule has 0 amide bonds. The highest BCUT2D eigenvalue weighted by Gasteiger charge is 2.13. The molecule has 0 heterocycles. The molecule has 0 saturated carbocycles. The molecule has 0 aliphatic rings. The number of halogens is 2. The van der Waals surface area contributed by atoms with Gasteiger partial charge in [0.1, 0.15) is 17.4 Å². The zero-order valence-electron chi connectivity index (χ0n) is 11.8. The molecule has 0 fully saturated rings. The highest BCUT2D eigenvalue weighted by atomic mass is 32.2. The second kappa shape index (κ2) is 6.85. The average Bonchev–Trinajstić information content (AvgIpc) is 2.48. The van der Waals surface area contributed by atoms with E-state index in [1.54, 1.807) is 0 Å². The van der Waals surface area contributed by atoms with Gasteiger partial charge < -0.3 is 4.74 Å². The normalized spacial score (nSPS) is 11.4. The van der Waals surface area contributed by atoms with Crippen LogP contribution in [-0.2, 0) is 22.3 Å². The van der Waals surface area contributed by atoms with Crippen molar-refractivity contribution in [3.63, 3.8) is 0 Å². The summed E-state index contributed by atoms with van der Waals surface area (Å²) in [4.78, 5) is 0. The van der Waals surface area contributed by atoms with Gasteiger partial charge in [0.05, 0.1) is 12.9 Å². The van der Waals surface area contributed by atoms with Crippen molar-refractivity contribution in [2.75, 3.05) is 7.11 Å². The molecule has 7 heteroatoms. The van der Waals surface area contributed by atoms with Crippen LogP contribution < -0.4 is 9.46 Å². The molecule has 0 spiro atoms. The van der Waals surface area contributed by atoms with Crippen molar-refractivity contribution in [3.05, 3.63) is 65.2 Å². The molecule has 2 aromatic rings. The first-order chi connectivity index (χ1) is 10.4. The lowest BCUT2D eigenvalue weighted by atomic mass is 10.2. The molecule has 2 aromatic carbocycles. The van der Waals surface area contributed by atoms with Crippen molar-refractivity contribution in [2.24, 2.45) is 0 Å². The molecule has 2 rings (SSSR count). The van der Waals surface area contributed by atoms with E-state index in [1.165, 1.54) is 49.6 Å². The van der Waals surface area contributed by atoms with E-state index in [2.05, 4.69) is 4.72 Å². The molecular formula is C15H15F2NO3S. The summed E-state index contributed by atoms with van der Waals surface area (Å²) in [5.41, 5.74) is 0.852. The zero-order chi connectivity index (χ0) is 16.2. The number of sulfonamides is 1. The Morgan fingerprint density at radius 1 is 1.05 bits per heavy atom. The Kier molecular flexibility index (Phi) is 5.10. The highest BCUT2D eigenvalue weighted by molar-refractivity contribution is 7.88. The SMILES string of the molecule is COc1ccc(F)cc1CNS(=O)(=O)Cc1ccc(F)cc1. The first-order valence-corrected chi connectivity index (χ1v) is 8.09. The lowest BCUT2D eigenvalue weighted by molar-refractivity contribution is 0.407. The first kappa shape index (κ1) is 16.4. The maximum Gasteiger partial charge on any atom is 0.216 e. The largest absolute Gasteiger partial charge is 0.496 e. The van der Waals surface area contributed by atoms with Crippen LogP contribution in [0.3, 0.4) is 0 Å². The zero-order valence-corrected chi connectivity index (χ0v) is 12.7. The Labute approximate surface area is 127 Å². The van der Waals surface area contributed by atoms with Gasteiger partial charge in [-0.15, -0.1) is 0 Å². The minimum atomic E-state index is -3.63. The third-order valence-corrected chi connectivity index (χ3v) is 4.29. The summed E-state index contributed by atoms with van der Waals surface area (Å²) in [5.74, 6) is -0.803. The molecule has 0 aliphatic heterocycles. The van der Waals surface area contributed by atoms with Gasteiger partial charge in [-0.1, -0.05) is 12.1 Å². The Morgan fingerprint density at radius 3 is 2.32 bits per heavy atom. The predicted octanol–water partition coefficient (Wildman–Crippen LogP) is 2.59. The number of benzene rings is 2. The minimum absolute atomic E-state index is 0.0928. The summed E-state index contributed by atoms with van der Waals surface area (Å²) < 4.78 is 57.4. The highest BCUT2D eigenvalue weighted by Crippen LogP contribution is 2.19. The standard InChI is InChI=1S/C15H15F2NO3S/c1-21-15-7-6-14(17)8-12(15)9-18-22(19,20)10-11-2-4-13(16)5-3-11/h2-8,18H,9-10H2,1H3. The Bertz CT molecular complexity index is 746.